The predicted molar refractivity (Wildman–Crippen MR) is 123 cm³/mol. The number of nitrogens with two attached hydrogens (primary N) is 1. The van der Waals surface area contributed by atoms with E-state index in [1.807, 2.05) is 0 Å². The summed E-state index contributed by atoms with van der Waals surface area (Å²) in [4.78, 5) is 61.5. The Morgan fingerprint density at radius 2 is 1.68 bits per heavy atom. The largest absolute Gasteiger partial charge is 0.480 e. The van der Waals surface area contributed by atoms with Crippen molar-refractivity contribution in [1.82, 2.24) is 21.3 Å². The van der Waals surface area contributed by atoms with Gasteiger partial charge in [-0.05, 0) is 30.9 Å². The summed E-state index contributed by atoms with van der Waals surface area (Å²) in [6.45, 7) is 4.18. The zero-order chi connectivity index (χ0) is 25.3. The summed E-state index contributed by atoms with van der Waals surface area (Å²) in [5, 5.41) is 20.1. The molecule has 2 rings (SSSR count). The summed E-state index contributed by atoms with van der Waals surface area (Å²) >= 11 is 0. The van der Waals surface area contributed by atoms with Gasteiger partial charge in [0.05, 0.1) is 12.5 Å². The van der Waals surface area contributed by atoms with E-state index in [-0.39, 0.29) is 18.2 Å². The van der Waals surface area contributed by atoms with Gasteiger partial charge >= 0.3 is 5.97 Å². The highest BCUT2D eigenvalue weighted by Crippen LogP contribution is 2.09. The number of rotatable bonds is 12. The summed E-state index contributed by atoms with van der Waals surface area (Å²) in [5.41, 5.74) is 5.94. The van der Waals surface area contributed by atoms with E-state index in [9.17, 15) is 29.1 Å². The molecule has 0 bridgehead atoms. The number of carbonyl (C=O) groups is 5. The Hall–Kier alpha value is -3.47. The van der Waals surface area contributed by atoms with Crippen LogP contribution in [0.1, 0.15) is 38.7 Å². The van der Waals surface area contributed by atoms with Crippen molar-refractivity contribution in [3.05, 3.63) is 35.9 Å². The van der Waals surface area contributed by atoms with Gasteiger partial charge in [0.1, 0.15) is 18.1 Å². The average Bonchev–Trinajstić information content (AvgIpc) is 3.31. The van der Waals surface area contributed by atoms with Gasteiger partial charge in [-0.25, -0.2) is 4.79 Å². The maximum absolute atomic E-state index is 12.9. The number of aliphatic carboxylic acids is 1. The molecule has 1 aliphatic rings. The smallest absolute Gasteiger partial charge is 0.326 e. The number of amides is 4. The van der Waals surface area contributed by atoms with Crippen LogP contribution in [0.4, 0.5) is 0 Å². The number of carboxylic acid groups (broad SMARTS) is 1. The Balaban J connectivity index is 2.10. The highest BCUT2D eigenvalue weighted by Gasteiger charge is 2.33. The normalized spacial score (nSPS) is 17.9. The number of carboxylic acids is 1. The minimum atomic E-state index is -1.40. The standard InChI is InChI=1S/C23H33N5O6/c1-13(2)19(28-20(30)15-9-6-10-25-15)22(32)26-16(12-18(24)29)21(31)27-17(23(33)34)11-14-7-4-3-5-8-14/h3-5,7-8,13,15-17,19,25H,6,9-12H2,1-2H3,(H2,24,29)(H,26,32)(H,27,31)(H,28,30)(H,33,34). The third-order valence-corrected chi connectivity index (χ3v) is 5.56. The van der Waals surface area contributed by atoms with Crippen molar-refractivity contribution in [2.24, 2.45) is 11.7 Å². The van der Waals surface area contributed by atoms with Crippen molar-refractivity contribution in [2.45, 2.75) is 63.7 Å². The molecule has 4 amide bonds. The van der Waals surface area contributed by atoms with E-state index in [1.165, 1.54) is 0 Å². The molecule has 0 saturated carbocycles. The first-order valence-corrected chi connectivity index (χ1v) is 11.3. The van der Waals surface area contributed by atoms with E-state index in [4.69, 9.17) is 5.73 Å². The SMILES string of the molecule is CC(C)C(NC(=O)C1CCCN1)C(=O)NC(CC(N)=O)C(=O)NC(Cc1ccccc1)C(=O)O. The van der Waals surface area contributed by atoms with Crippen LogP contribution in [0.5, 0.6) is 0 Å². The maximum atomic E-state index is 12.9. The lowest BCUT2D eigenvalue weighted by molar-refractivity contribution is -0.142. The molecule has 1 heterocycles. The third-order valence-electron chi connectivity index (χ3n) is 5.56. The zero-order valence-corrected chi connectivity index (χ0v) is 19.4. The van der Waals surface area contributed by atoms with Crippen LogP contribution in [0.25, 0.3) is 0 Å². The molecule has 0 radical (unpaired) electrons. The minimum absolute atomic E-state index is 0.0121. The monoisotopic (exact) mass is 475 g/mol. The molecule has 1 aromatic rings. The Morgan fingerprint density at radius 1 is 1.03 bits per heavy atom. The Bertz CT molecular complexity index is 885. The summed E-state index contributed by atoms with van der Waals surface area (Å²) in [6.07, 6.45) is 0.991. The summed E-state index contributed by atoms with van der Waals surface area (Å²) in [7, 11) is 0. The summed E-state index contributed by atoms with van der Waals surface area (Å²) in [6, 6.07) is 4.68. The second-order valence-corrected chi connectivity index (χ2v) is 8.70. The van der Waals surface area contributed by atoms with Gasteiger partial charge in [0, 0.05) is 6.42 Å². The van der Waals surface area contributed by atoms with E-state index < -0.39 is 54.3 Å². The number of hydrogen-bond acceptors (Lipinski definition) is 6. The topological polar surface area (TPSA) is 180 Å². The molecular formula is C23H33N5O6. The second kappa shape index (κ2) is 12.7. The summed E-state index contributed by atoms with van der Waals surface area (Å²) < 4.78 is 0. The highest BCUT2D eigenvalue weighted by atomic mass is 16.4. The molecule has 1 fully saturated rings. The number of carbonyl (C=O) groups excluding carboxylic acids is 4. The van der Waals surface area contributed by atoms with Gasteiger partial charge in [-0.1, -0.05) is 44.2 Å². The Morgan fingerprint density at radius 3 is 2.21 bits per heavy atom. The maximum Gasteiger partial charge on any atom is 0.326 e. The minimum Gasteiger partial charge on any atom is -0.480 e. The molecule has 186 valence electrons. The van der Waals surface area contributed by atoms with Gasteiger partial charge in [-0.15, -0.1) is 0 Å². The molecule has 0 aliphatic carbocycles. The van der Waals surface area contributed by atoms with Crippen LogP contribution in [-0.4, -0.2) is 65.4 Å². The molecule has 0 aromatic heterocycles. The average molecular weight is 476 g/mol. The molecule has 1 saturated heterocycles. The Kier molecular flexibility index (Phi) is 9.99. The van der Waals surface area contributed by atoms with Crippen LogP contribution in [0, 0.1) is 5.92 Å². The molecular weight excluding hydrogens is 442 g/mol. The lowest BCUT2D eigenvalue weighted by Crippen LogP contribution is -2.59. The van der Waals surface area contributed by atoms with Crippen molar-refractivity contribution >= 4 is 29.6 Å². The molecule has 4 atom stereocenters. The van der Waals surface area contributed by atoms with E-state index >= 15 is 0 Å². The van der Waals surface area contributed by atoms with Crippen LogP contribution in [0.2, 0.25) is 0 Å². The van der Waals surface area contributed by atoms with Crippen LogP contribution in [0.3, 0.4) is 0 Å². The van der Waals surface area contributed by atoms with E-state index in [0.29, 0.717) is 18.5 Å². The van der Waals surface area contributed by atoms with Crippen molar-refractivity contribution in [2.75, 3.05) is 6.54 Å². The first-order chi connectivity index (χ1) is 16.1. The highest BCUT2D eigenvalue weighted by molar-refractivity contribution is 5.96. The molecule has 4 unspecified atom stereocenters. The van der Waals surface area contributed by atoms with Crippen molar-refractivity contribution in [3.63, 3.8) is 0 Å². The molecule has 34 heavy (non-hydrogen) atoms. The number of hydrogen-bond donors (Lipinski definition) is 6. The van der Waals surface area contributed by atoms with E-state index in [0.717, 1.165) is 6.42 Å². The van der Waals surface area contributed by atoms with Gasteiger partial charge in [0.15, 0.2) is 0 Å². The number of nitrogens with one attached hydrogen (secondary N) is 4. The quantitative estimate of drug-likeness (QED) is 0.225. The van der Waals surface area contributed by atoms with Crippen LogP contribution in [-0.2, 0) is 30.4 Å². The van der Waals surface area contributed by atoms with Gasteiger partial charge in [-0.3, -0.25) is 19.2 Å². The van der Waals surface area contributed by atoms with Crippen LogP contribution >= 0.6 is 0 Å². The molecule has 0 spiro atoms. The van der Waals surface area contributed by atoms with Crippen molar-refractivity contribution in [3.8, 4) is 0 Å². The third kappa shape index (κ3) is 8.14. The fourth-order valence-corrected chi connectivity index (χ4v) is 3.69. The molecule has 11 nitrogen and oxygen atoms in total. The molecule has 7 N–H and O–H groups in total. The number of benzene rings is 1. The molecule has 11 heteroatoms. The first kappa shape index (κ1) is 26.8. The van der Waals surface area contributed by atoms with Gasteiger partial charge in [0.25, 0.3) is 0 Å². The predicted octanol–water partition coefficient (Wildman–Crippen LogP) is -0.948. The Labute approximate surface area is 198 Å². The molecule has 1 aromatic carbocycles. The molecule has 1 aliphatic heterocycles. The van der Waals surface area contributed by atoms with Crippen LogP contribution < -0.4 is 27.0 Å². The lowest BCUT2D eigenvalue weighted by atomic mass is 10.0. The van der Waals surface area contributed by atoms with Crippen molar-refractivity contribution < 1.29 is 29.1 Å². The second-order valence-electron chi connectivity index (χ2n) is 8.70. The zero-order valence-electron chi connectivity index (χ0n) is 19.4. The van der Waals surface area contributed by atoms with E-state index in [2.05, 4.69) is 21.3 Å². The fourth-order valence-electron chi connectivity index (χ4n) is 3.69. The lowest BCUT2D eigenvalue weighted by Gasteiger charge is -2.26. The van der Waals surface area contributed by atoms with Gasteiger partial charge in [0.2, 0.25) is 23.6 Å². The van der Waals surface area contributed by atoms with Crippen LogP contribution in [0.15, 0.2) is 30.3 Å². The fraction of sp³-hybridized carbons (Fsp3) is 0.522. The van der Waals surface area contributed by atoms with E-state index in [1.54, 1.807) is 44.2 Å². The first-order valence-electron chi connectivity index (χ1n) is 11.3. The van der Waals surface area contributed by atoms with Gasteiger partial charge < -0.3 is 32.1 Å². The summed E-state index contributed by atoms with van der Waals surface area (Å²) in [5.74, 6) is -4.28. The number of primary amides is 1. The van der Waals surface area contributed by atoms with Gasteiger partial charge in [-0.2, -0.15) is 0 Å². The van der Waals surface area contributed by atoms with Crippen molar-refractivity contribution in [1.29, 1.82) is 0 Å².